The van der Waals surface area contributed by atoms with Crippen molar-refractivity contribution in [3.63, 3.8) is 0 Å². The van der Waals surface area contributed by atoms with Crippen LogP contribution >= 0.6 is 0 Å². The van der Waals surface area contributed by atoms with Crippen molar-refractivity contribution in [2.45, 2.75) is 32.2 Å². The van der Waals surface area contributed by atoms with Crippen LogP contribution in [-0.4, -0.2) is 37.0 Å². The van der Waals surface area contributed by atoms with Gasteiger partial charge in [0.05, 0.1) is 5.54 Å². The van der Waals surface area contributed by atoms with E-state index >= 15 is 0 Å². The van der Waals surface area contributed by atoms with Gasteiger partial charge in [0.15, 0.2) is 0 Å². The molecule has 1 N–H and O–H groups in total. The van der Waals surface area contributed by atoms with Gasteiger partial charge in [-0.3, -0.25) is 4.79 Å². The third-order valence-electron chi connectivity index (χ3n) is 2.41. The number of amides is 1. The van der Waals surface area contributed by atoms with Gasteiger partial charge in [-0.1, -0.05) is 6.08 Å². The number of hydrogen-bond acceptors (Lipinski definition) is 2. The zero-order chi connectivity index (χ0) is 11.2. The van der Waals surface area contributed by atoms with Crippen molar-refractivity contribution < 1.29 is 4.79 Å². The Bertz CT molecular complexity index is 199. The van der Waals surface area contributed by atoms with Gasteiger partial charge in [0, 0.05) is 13.6 Å². The Balaban J connectivity index is 4.05. The monoisotopic (exact) mass is 198 g/mol. The molecule has 0 rings (SSSR count). The molecule has 0 saturated carbocycles. The van der Waals surface area contributed by atoms with Gasteiger partial charge in [0.2, 0.25) is 5.91 Å². The van der Waals surface area contributed by atoms with E-state index in [0.29, 0.717) is 0 Å². The maximum absolute atomic E-state index is 11.8. The molecule has 0 saturated heterocycles. The van der Waals surface area contributed by atoms with Crippen LogP contribution < -0.4 is 5.32 Å². The highest BCUT2D eigenvalue weighted by molar-refractivity contribution is 5.85. The highest BCUT2D eigenvalue weighted by Crippen LogP contribution is 2.06. The van der Waals surface area contributed by atoms with Crippen LogP contribution in [0.15, 0.2) is 12.7 Å². The molecule has 0 aromatic carbocycles. The SMILES string of the molecule is C=CCCCN(C)C(=O)C(C)(C)NC. The summed E-state index contributed by atoms with van der Waals surface area (Å²) >= 11 is 0. The number of rotatable bonds is 6. The lowest BCUT2D eigenvalue weighted by Crippen LogP contribution is -2.51. The lowest BCUT2D eigenvalue weighted by atomic mass is 10.0. The van der Waals surface area contributed by atoms with E-state index in [1.165, 1.54) is 0 Å². The summed E-state index contributed by atoms with van der Waals surface area (Å²) in [6.07, 6.45) is 3.81. The quantitative estimate of drug-likeness (QED) is 0.517. The summed E-state index contributed by atoms with van der Waals surface area (Å²) < 4.78 is 0. The lowest BCUT2D eigenvalue weighted by molar-refractivity contribution is -0.135. The Morgan fingerprint density at radius 1 is 1.57 bits per heavy atom. The fourth-order valence-electron chi connectivity index (χ4n) is 1.16. The summed E-state index contributed by atoms with van der Waals surface area (Å²) in [5.74, 6) is 0.129. The first-order valence-electron chi connectivity index (χ1n) is 5.01. The van der Waals surface area contributed by atoms with Crippen LogP contribution in [0.25, 0.3) is 0 Å². The maximum Gasteiger partial charge on any atom is 0.242 e. The third kappa shape index (κ3) is 3.92. The second-order valence-corrected chi connectivity index (χ2v) is 4.03. The van der Waals surface area contributed by atoms with E-state index in [4.69, 9.17) is 0 Å². The second kappa shape index (κ2) is 5.81. The van der Waals surface area contributed by atoms with Crippen molar-refractivity contribution >= 4 is 5.91 Å². The van der Waals surface area contributed by atoms with E-state index in [1.807, 2.05) is 27.0 Å². The smallest absolute Gasteiger partial charge is 0.242 e. The average molecular weight is 198 g/mol. The van der Waals surface area contributed by atoms with Crippen LogP contribution in [-0.2, 0) is 4.79 Å². The zero-order valence-corrected chi connectivity index (χ0v) is 9.76. The summed E-state index contributed by atoms with van der Waals surface area (Å²) in [7, 11) is 3.64. The molecule has 0 unspecified atom stereocenters. The molecule has 0 aliphatic carbocycles. The molecule has 3 heteroatoms. The van der Waals surface area contributed by atoms with Crippen LogP contribution in [0.1, 0.15) is 26.7 Å². The molecule has 3 nitrogen and oxygen atoms in total. The number of unbranched alkanes of at least 4 members (excludes halogenated alkanes) is 1. The number of hydrogen-bond donors (Lipinski definition) is 1. The number of likely N-dealkylation sites (N-methyl/N-ethyl adjacent to an activating group) is 2. The number of nitrogens with zero attached hydrogens (tertiary/aromatic N) is 1. The normalized spacial score (nSPS) is 11.1. The minimum absolute atomic E-state index is 0.129. The first kappa shape index (κ1) is 13.2. The fourth-order valence-corrected chi connectivity index (χ4v) is 1.16. The molecule has 0 radical (unpaired) electrons. The summed E-state index contributed by atoms with van der Waals surface area (Å²) in [6, 6.07) is 0. The Hall–Kier alpha value is -0.830. The van der Waals surface area contributed by atoms with Gasteiger partial charge in [-0.15, -0.1) is 6.58 Å². The van der Waals surface area contributed by atoms with Gasteiger partial charge in [-0.25, -0.2) is 0 Å². The van der Waals surface area contributed by atoms with Gasteiger partial charge in [-0.05, 0) is 33.7 Å². The summed E-state index contributed by atoms with van der Waals surface area (Å²) in [5.41, 5.74) is -0.469. The molecule has 0 aliphatic rings. The van der Waals surface area contributed by atoms with E-state index in [0.717, 1.165) is 19.4 Å². The predicted octanol–water partition coefficient (Wildman–Crippen LogP) is 1.41. The van der Waals surface area contributed by atoms with Crippen molar-refractivity contribution in [2.75, 3.05) is 20.6 Å². The molecule has 0 atom stereocenters. The number of carbonyl (C=O) groups excluding carboxylic acids is 1. The Morgan fingerprint density at radius 2 is 2.14 bits per heavy atom. The molecule has 0 heterocycles. The molecule has 0 fully saturated rings. The topological polar surface area (TPSA) is 32.3 Å². The molecule has 0 aliphatic heterocycles. The average Bonchev–Trinajstić information content (AvgIpc) is 2.17. The third-order valence-corrected chi connectivity index (χ3v) is 2.41. The van der Waals surface area contributed by atoms with Gasteiger partial charge >= 0.3 is 0 Å². The fraction of sp³-hybridized carbons (Fsp3) is 0.727. The first-order chi connectivity index (χ1) is 6.45. The van der Waals surface area contributed by atoms with Gasteiger partial charge in [-0.2, -0.15) is 0 Å². The second-order valence-electron chi connectivity index (χ2n) is 4.03. The van der Waals surface area contributed by atoms with Crippen molar-refractivity contribution in [2.24, 2.45) is 0 Å². The molecule has 14 heavy (non-hydrogen) atoms. The van der Waals surface area contributed by atoms with Crippen LogP contribution in [0.2, 0.25) is 0 Å². The van der Waals surface area contributed by atoms with Crippen LogP contribution in [0, 0.1) is 0 Å². The Morgan fingerprint density at radius 3 is 2.57 bits per heavy atom. The van der Waals surface area contributed by atoms with Crippen molar-refractivity contribution in [1.82, 2.24) is 10.2 Å². The number of nitrogens with one attached hydrogen (secondary N) is 1. The van der Waals surface area contributed by atoms with Gasteiger partial charge in [0.1, 0.15) is 0 Å². The maximum atomic E-state index is 11.8. The molecular weight excluding hydrogens is 176 g/mol. The zero-order valence-electron chi connectivity index (χ0n) is 9.76. The van der Waals surface area contributed by atoms with Crippen molar-refractivity contribution in [3.05, 3.63) is 12.7 Å². The van der Waals surface area contributed by atoms with Crippen LogP contribution in [0.3, 0.4) is 0 Å². The van der Waals surface area contributed by atoms with Crippen molar-refractivity contribution in [3.8, 4) is 0 Å². The molecule has 0 aromatic rings. The summed E-state index contributed by atoms with van der Waals surface area (Å²) in [5, 5.41) is 3.00. The Kier molecular flexibility index (Phi) is 5.46. The van der Waals surface area contributed by atoms with E-state index in [1.54, 1.807) is 11.9 Å². The Labute approximate surface area is 87.2 Å². The summed E-state index contributed by atoms with van der Waals surface area (Å²) in [4.78, 5) is 13.6. The molecule has 82 valence electrons. The molecule has 0 spiro atoms. The highest BCUT2D eigenvalue weighted by Gasteiger charge is 2.27. The van der Waals surface area contributed by atoms with Crippen LogP contribution in [0.4, 0.5) is 0 Å². The minimum Gasteiger partial charge on any atom is -0.344 e. The first-order valence-corrected chi connectivity index (χ1v) is 5.01. The standard InChI is InChI=1S/C11H22N2O/c1-6-7-8-9-13(5)10(14)11(2,3)12-4/h6,12H,1,7-9H2,2-5H3. The van der Waals surface area contributed by atoms with Gasteiger partial charge < -0.3 is 10.2 Å². The number of allylic oxidation sites excluding steroid dienone is 1. The van der Waals surface area contributed by atoms with Crippen molar-refractivity contribution in [1.29, 1.82) is 0 Å². The van der Waals surface area contributed by atoms with E-state index in [-0.39, 0.29) is 5.91 Å². The minimum atomic E-state index is -0.469. The highest BCUT2D eigenvalue weighted by atomic mass is 16.2. The molecule has 1 amide bonds. The van der Waals surface area contributed by atoms with Gasteiger partial charge in [0.25, 0.3) is 0 Å². The predicted molar refractivity (Wildman–Crippen MR) is 60.2 cm³/mol. The summed E-state index contributed by atoms with van der Waals surface area (Å²) in [6.45, 7) is 8.22. The number of carbonyl (C=O) groups is 1. The molecule has 0 bridgehead atoms. The van der Waals surface area contributed by atoms with Crippen LogP contribution in [0.5, 0.6) is 0 Å². The largest absolute Gasteiger partial charge is 0.344 e. The molecule has 0 aromatic heterocycles. The van der Waals surface area contributed by atoms with E-state index < -0.39 is 5.54 Å². The molecular formula is C11H22N2O. The lowest BCUT2D eigenvalue weighted by Gasteiger charge is -2.28. The van der Waals surface area contributed by atoms with E-state index in [9.17, 15) is 4.79 Å². The van der Waals surface area contributed by atoms with E-state index in [2.05, 4.69) is 11.9 Å².